The number of hydrogen-bond donors (Lipinski definition) is 2. The van der Waals surface area contributed by atoms with E-state index in [1.54, 1.807) is 50.2 Å². The van der Waals surface area contributed by atoms with E-state index in [0.29, 0.717) is 11.1 Å². The van der Waals surface area contributed by atoms with Crippen molar-refractivity contribution in [3.05, 3.63) is 106 Å². The number of ether oxygens (including phenoxy) is 1. The van der Waals surface area contributed by atoms with Gasteiger partial charge < -0.3 is 10.1 Å². The highest BCUT2D eigenvalue weighted by atomic mass is 16.6. The van der Waals surface area contributed by atoms with Crippen LogP contribution >= 0.6 is 0 Å². The van der Waals surface area contributed by atoms with E-state index < -0.39 is 16.9 Å². The Bertz CT molecular complexity index is 1200. The first-order valence-corrected chi connectivity index (χ1v) is 11.0. The van der Waals surface area contributed by atoms with Crippen molar-refractivity contribution in [1.82, 2.24) is 10.7 Å². The third kappa shape index (κ3) is 7.23. The van der Waals surface area contributed by atoms with E-state index in [9.17, 15) is 19.7 Å². The van der Waals surface area contributed by atoms with Crippen LogP contribution in [0.3, 0.4) is 0 Å². The maximum atomic E-state index is 12.6. The molecule has 0 spiro atoms. The summed E-state index contributed by atoms with van der Waals surface area (Å²) >= 11 is 0. The third-order valence-electron chi connectivity index (χ3n) is 5.08. The maximum Gasteiger partial charge on any atom is 0.311 e. The van der Waals surface area contributed by atoms with Gasteiger partial charge in [-0.05, 0) is 35.7 Å². The van der Waals surface area contributed by atoms with Crippen molar-refractivity contribution in [1.29, 1.82) is 0 Å². The molecular formula is C26H26N4O5. The number of hydrogen-bond acceptors (Lipinski definition) is 6. The van der Waals surface area contributed by atoms with Crippen LogP contribution in [-0.2, 0) is 11.4 Å². The van der Waals surface area contributed by atoms with Crippen LogP contribution in [0.15, 0.2) is 84.0 Å². The summed E-state index contributed by atoms with van der Waals surface area (Å²) in [6.07, 6.45) is 1.29. The van der Waals surface area contributed by atoms with Crippen LogP contribution in [0.5, 0.6) is 5.75 Å². The largest absolute Gasteiger partial charge is 0.482 e. The number of carbonyl (C=O) groups is 2. The van der Waals surface area contributed by atoms with Crippen LogP contribution < -0.4 is 15.5 Å². The van der Waals surface area contributed by atoms with E-state index in [2.05, 4.69) is 15.8 Å². The Hall–Kier alpha value is -4.53. The van der Waals surface area contributed by atoms with Gasteiger partial charge in [0.2, 0.25) is 0 Å². The van der Waals surface area contributed by atoms with Gasteiger partial charge in [-0.15, -0.1) is 0 Å². The molecule has 1 atom stereocenters. The average Bonchev–Trinajstić information content (AvgIpc) is 2.87. The standard InChI is InChI=1S/C26H26N4O5/c1-18(2)24(28-25(31)21-11-7-4-8-12-21)26(32)29-27-16-20-13-14-23(22(15-20)30(33)34)35-17-19-9-5-3-6-10-19/h3-16,18,24H,17H2,1-2H3,(H,28,31)(H,29,32)/b27-16+. The lowest BCUT2D eigenvalue weighted by Gasteiger charge is -2.20. The van der Waals surface area contributed by atoms with Gasteiger partial charge >= 0.3 is 5.69 Å². The Labute approximate surface area is 203 Å². The van der Waals surface area contributed by atoms with E-state index in [-0.39, 0.29) is 29.9 Å². The van der Waals surface area contributed by atoms with Crippen LogP contribution in [-0.4, -0.2) is 29.0 Å². The van der Waals surface area contributed by atoms with Gasteiger partial charge in [0.15, 0.2) is 5.75 Å². The molecule has 0 heterocycles. The summed E-state index contributed by atoms with van der Waals surface area (Å²) < 4.78 is 5.62. The Morgan fingerprint density at radius 3 is 2.31 bits per heavy atom. The van der Waals surface area contributed by atoms with Crippen LogP contribution in [0.2, 0.25) is 0 Å². The van der Waals surface area contributed by atoms with Crippen molar-refractivity contribution in [3.8, 4) is 5.75 Å². The lowest BCUT2D eigenvalue weighted by Crippen LogP contribution is -2.48. The van der Waals surface area contributed by atoms with E-state index in [4.69, 9.17) is 4.74 Å². The molecule has 9 heteroatoms. The summed E-state index contributed by atoms with van der Waals surface area (Å²) in [5.41, 5.74) is 3.90. The van der Waals surface area contributed by atoms with E-state index in [1.165, 1.54) is 18.3 Å². The number of nitro benzene ring substituents is 1. The minimum atomic E-state index is -0.817. The third-order valence-corrected chi connectivity index (χ3v) is 5.08. The topological polar surface area (TPSA) is 123 Å². The van der Waals surface area contributed by atoms with Gasteiger partial charge in [0.1, 0.15) is 12.6 Å². The highest BCUT2D eigenvalue weighted by Gasteiger charge is 2.24. The van der Waals surface area contributed by atoms with Gasteiger partial charge in [-0.3, -0.25) is 19.7 Å². The Morgan fingerprint density at radius 1 is 1.03 bits per heavy atom. The zero-order chi connectivity index (χ0) is 25.2. The number of benzene rings is 3. The second-order valence-electron chi connectivity index (χ2n) is 8.05. The molecule has 9 nitrogen and oxygen atoms in total. The normalized spacial score (nSPS) is 11.7. The molecule has 35 heavy (non-hydrogen) atoms. The van der Waals surface area contributed by atoms with Crippen molar-refractivity contribution >= 4 is 23.7 Å². The molecule has 0 saturated heterocycles. The Kier molecular flexibility index (Phi) is 8.66. The van der Waals surface area contributed by atoms with Gasteiger partial charge in [-0.1, -0.05) is 62.4 Å². The Balaban J connectivity index is 1.64. The lowest BCUT2D eigenvalue weighted by molar-refractivity contribution is -0.385. The number of amides is 2. The zero-order valence-corrected chi connectivity index (χ0v) is 19.4. The molecule has 0 aliphatic carbocycles. The summed E-state index contributed by atoms with van der Waals surface area (Å²) in [6.45, 7) is 3.80. The second-order valence-corrected chi connectivity index (χ2v) is 8.05. The first-order chi connectivity index (χ1) is 16.8. The number of nitrogens with one attached hydrogen (secondary N) is 2. The monoisotopic (exact) mass is 474 g/mol. The molecule has 3 aromatic carbocycles. The van der Waals surface area contributed by atoms with Crippen molar-refractivity contribution < 1.29 is 19.2 Å². The number of hydrazone groups is 1. The minimum absolute atomic E-state index is 0.128. The highest BCUT2D eigenvalue weighted by molar-refractivity contribution is 5.97. The molecule has 3 rings (SSSR count). The van der Waals surface area contributed by atoms with Gasteiger partial charge in [0, 0.05) is 17.2 Å². The van der Waals surface area contributed by atoms with Gasteiger partial charge in [-0.2, -0.15) is 5.10 Å². The summed E-state index contributed by atoms with van der Waals surface area (Å²) in [5.74, 6) is -0.938. The fourth-order valence-electron chi connectivity index (χ4n) is 3.20. The summed E-state index contributed by atoms with van der Waals surface area (Å²) in [7, 11) is 0. The number of nitro groups is 1. The quantitative estimate of drug-likeness (QED) is 0.260. The smallest absolute Gasteiger partial charge is 0.311 e. The zero-order valence-electron chi connectivity index (χ0n) is 19.4. The van der Waals surface area contributed by atoms with E-state index in [1.807, 2.05) is 30.3 Å². The van der Waals surface area contributed by atoms with Crippen LogP contribution in [0.1, 0.15) is 35.3 Å². The van der Waals surface area contributed by atoms with Gasteiger partial charge in [0.05, 0.1) is 11.1 Å². The molecule has 1 unspecified atom stereocenters. The predicted molar refractivity (Wildman–Crippen MR) is 132 cm³/mol. The summed E-state index contributed by atoms with van der Waals surface area (Å²) in [6, 6.07) is 21.5. The molecule has 2 N–H and O–H groups in total. The predicted octanol–water partition coefficient (Wildman–Crippen LogP) is 4.08. The summed E-state index contributed by atoms with van der Waals surface area (Å²) in [4.78, 5) is 36.0. The first-order valence-electron chi connectivity index (χ1n) is 11.0. The van der Waals surface area contributed by atoms with Crippen molar-refractivity contribution in [2.24, 2.45) is 11.0 Å². The average molecular weight is 475 g/mol. The molecule has 2 amide bonds. The van der Waals surface area contributed by atoms with Gasteiger partial charge in [-0.25, -0.2) is 5.43 Å². The number of rotatable bonds is 10. The lowest BCUT2D eigenvalue weighted by atomic mass is 10.0. The highest BCUT2D eigenvalue weighted by Crippen LogP contribution is 2.28. The molecular weight excluding hydrogens is 448 g/mol. The maximum absolute atomic E-state index is 12.6. The van der Waals surface area contributed by atoms with E-state index >= 15 is 0 Å². The molecule has 0 aromatic heterocycles. The molecule has 0 fully saturated rings. The summed E-state index contributed by atoms with van der Waals surface area (Å²) in [5, 5.41) is 18.1. The Morgan fingerprint density at radius 2 is 1.69 bits per heavy atom. The molecule has 0 radical (unpaired) electrons. The van der Waals surface area contributed by atoms with Crippen molar-refractivity contribution in [2.75, 3.05) is 0 Å². The minimum Gasteiger partial charge on any atom is -0.482 e. The number of carbonyl (C=O) groups excluding carboxylic acids is 2. The van der Waals surface area contributed by atoms with Crippen molar-refractivity contribution in [3.63, 3.8) is 0 Å². The second kappa shape index (κ2) is 12.1. The van der Waals surface area contributed by atoms with E-state index in [0.717, 1.165) is 5.56 Å². The molecule has 180 valence electrons. The van der Waals surface area contributed by atoms with Crippen LogP contribution in [0, 0.1) is 16.0 Å². The fraction of sp³-hybridized carbons (Fsp3) is 0.192. The first kappa shape index (κ1) is 25.1. The van der Waals surface area contributed by atoms with Crippen LogP contribution in [0.4, 0.5) is 5.69 Å². The van der Waals surface area contributed by atoms with Crippen LogP contribution in [0.25, 0.3) is 0 Å². The SMILES string of the molecule is CC(C)C(NC(=O)c1ccccc1)C(=O)N/N=C/c1ccc(OCc2ccccc2)c([N+](=O)[O-])c1. The van der Waals surface area contributed by atoms with Gasteiger partial charge in [0.25, 0.3) is 11.8 Å². The fourth-order valence-corrected chi connectivity index (χ4v) is 3.20. The molecule has 0 aliphatic rings. The molecule has 3 aromatic rings. The molecule has 0 saturated carbocycles. The van der Waals surface area contributed by atoms with Crippen molar-refractivity contribution in [2.45, 2.75) is 26.5 Å². The number of nitrogens with zero attached hydrogens (tertiary/aromatic N) is 2. The molecule has 0 bridgehead atoms. The molecule has 0 aliphatic heterocycles.